The van der Waals surface area contributed by atoms with Gasteiger partial charge in [-0.05, 0) is 12.1 Å². The van der Waals surface area contributed by atoms with E-state index >= 15 is 0 Å². The van der Waals surface area contributed by atoms with Crippen LogP contribution in [0.4, 0.5) is 16.2 Å². The molecular formula is C19H22N2O9S. The predicted octanol–water partition coefficient (Wildman–Crippen LogP) is 0.619. The number of benzene rings is 1. The maximum absolute atomic E-state index is 12.7. The third-order valence-corrected chi connectivity index (χ3v) is 6.40. The number of hydrogen-bond acceptors (Lipinski definition) is 9. The molecule has 2 amide bonds. The number of fused-ring (bicyclic) bond motifs is 3. The maximum Gasteiger partial charge on any atom is 0.415 e. The second kappa shape index (κ2) is 7.33. The number of ether oxygens (including phenoxy) is 4. The van der Waals surface area contributed by atoms with Gasteiger partial charge >= 0.3 is 6.09 Å². The summed E-state index contributed by atoms with van der Waals surface area (Å²) >= 11 is 0. The normalized spacial score (nSPS) is 27.1. The van der Waals surface area contributed by atoms with Crippen molar-refractivity contribution in [1.29, 1.82) is 0 Å². The lowest BCUT2D eigenvalue weighted by atomic mass is 10.0. The summed E-state index contributed by atoms with van der Waals surface area (Å²) in [4.78, 5) is 28.3. The number of anilines is 2. The van der Waals surface area contributed by atoms with E-state index in [2.05, 4.69) is 0 Å². The van der Waals surface area contributed by atoms with E-state index in [0.717, 1.165) is 6.26 Å². The molecule has 11 nitrogen and oxygen atoms in total. The first kappa shape index (κ1) is 20.5. The average molecular weight is 454 g/mol. The molecular weight excluding hydrogens is 432 g/mol. The van der Waals surface area contributed by atoms with Crippen LogP contribution in [0.2, 0.25) is 0 Å². The molecule has 31 heavy (non-hydrogen) atoms. The third kappa shape index (κ3) is 3.73. The molecule has 0 saturated carbocycles. The highest BCUT2D eigenvalue weighted by Crippen LogP contribution is 2.42. The fraction of sp³-hybridized carbons (Fsp3) is 0.579. The second-order valence-corrected chi connectivity index (χ2v) is 9.53. The highest BCUT2D eigenvalue weighted by molar-refractivity contribution is 7.85. The lowest BCUT2D eigenvalue weighted by molar-refractivity contribution is -0.177. The zero-order valence-corrected chi connectivity index (χ0v) is 17.6. The monoisotopic (exact) mass is 454 g/mol. The van der Waals surface area contributed by atoms with Crippen LogP contribution >= 0.6 is 0 Å². The van der Waals surface area contributed by atoms with E-state index < -0.39 is 34.1 Å². The Balaban J connectivity index is 1.33. The van der Waals surface area contributed by atoms with Crippen molar-refractivity contribution in [2.45, 2.75) is 30.8 Å². The molecule has 0 bridgehead atoms. The molecule has 3 saturated heterocycles. The Kier molecular flexibility index (Phi) is 4.84. The van der Waals surface area contributed by atoms with E-state index in [-0.39, 0.29) is 25.5 Å². The molecule has 4 heterocycles. The highest BCUT2D eigenvalue weighted by Gasteiger charge is 2.48. The first-order chi connectivity index (χ1) is 14.7. The quantitative estimate of drug-likeness (QED) is 0.603. The Morgan fingerprint density at radius 3 is 2.71 bits per heavy atom. The molecule has 12 heteroatoms. The van der Waals surface area contributed by atoms with Crippen molar-refractivity contribution in [2.24, 2.45) is 0 Å². The van der Waals surface area contributed by atoms with Gasteiger partial charge in [-0.25, -0.2) is 4.79 Å². The van der Waals surface area contributed by atoms with E-state index in [1.165, 1.54) is 4.90 Å². The number of amides is 2. The zero-order valence-electron chi connectivity index (χ0n) is 16.8. The minimum atomic E-state index is -3.67. The van der Waals surface area contributed by atoms with Crippen LogP contribution in [0, 0.1) is 0 Å². The highest BCUT2D eigenvalue weighted by atomic mass is 32.2. The lowest BCUT2D eigenvalue weighted by Gasteiger charge is -2.37. The zero-order chi connectivity index (χ0) is 21.8. The van der Waals surface area contributed by atoms with Crippen LogP contribution in [-0.2, 0) is 33.3 Å². The number of carbonyl (C=O) groups is 2. The predicted molar refractivity (Wildman–Crippen MR) is 105 cm³/mol. The van der Waals surface area contributed by atoms with Crippen LogP contribution in [0.3, 0.4) is 0 Å². The molecule has 1 aromatic carbocycles. The smallest absolute Gasteiger partial charge is 0.415 e. The van der Waals surface area contributed by atoms with Crippen molar-refractivity contribution >= 4 is 33.5 Å². The number of piperidine rings is 1. The molecule has 4 aliphatic heterocycles. The minimum absolute atomic E-state index is 0.110. The standard InChI is InChI=1S/C19H22N2O9S/c1-31(24,25)29-11-16-14-10-26-15-8-12(2-3-13(15)21(14)18(23)30-16)20-5-4-19(9-17(20)22)27-6-7-28-19/h2-3,8,14,16H,4-7,9-11H2,1H3/t14-,16-/m0/s1. The van der Waals surface area contributed by atoms with Gasteiger partial charge in [-0.3, -0.25) is 13.9 Å². The van der Waals surface area contributed by atoms with Crippen LogP contribution in [0.5, 0.6) is 5.75 Å². The summed E-state index contributed by atoms with van der Waals surface area (Å²) in [7, 11) is -3.67. The van der Waals surface area contributed by atoms with Crippen molar-refractivity contribution < 1.29 is 41.1 Å². The molecule has 1 spiro atoms. The molecule has 168 valence electrons. The van der Waals surface area contributed by atoms with Gasteiger partial charge < -0.3 is 23.8 Å². The van der Waals surface area contributed by atoms with Gasteiger partial charge in [0.05, 0.1) is 31.6 Å². The maximum atomic E-state index is 12.7. The van der Waals surface area contributed by atoms with E-state index in [1.54, 1.807) is 23.1 Å². The topological polar surface area (TPSA) is 121 Å². The van der Waals surface area contributed by atoms with E-state index in [4.69, 9.17) is 23.1 Å². The molecule has 0 aliphatic carbocycles. The Morgan fingerprint density at radius 2 is 2.00 bits per heavy atom. The van der Waals surface area contributed by atoms with Crippen molar-refractivity contribution in [3.05, 3.63) is 18.2 Å². The number of nitrogens with zero attached hydrogens (tertiary/aromatic N) is 2. The first-order valence-electron chi connectivity index (χ1n) is 9.94. The summed E-state index contributed by atoms with van der Waals surface area (Å²) in [6, 6.07) is 4.63. The number of cyclic esters (lactones) is 1. The van der Waals surface area contributed by atoms with Gasteiger partial charge in [0, 0.05) is 24.7 Å². The van der Waals surface area contributed by atoms with E-state index in [0.29, 0.717) is 43.3 Å². The molecule has 2 atom stereocenters. The molecule has 5 rings (SSSR count). The third-order valence-electron chi connectivity index (χ3n) is 5.83. The summed E-state index contributed by atoms with van der Waals surface area (Å²) in [6.45, 7) is 1.25. The van der Waals surface area contributed by atoms with Crippen molar-refractivity contribution in [1.82, 2.24) is 0 Å². The van der Waals surface area contributed by atoms with Crippen LogP contribution in [0.15, 0.2) is 18.2 Å². The van der Waals surface area contributed by atoms with Gasteiger partial charge in [0.15, 0.2) is 11.9 Å². The number of hydrogen-bond donors (Lipinski definition) is 0. The molecule has 3 fully saturated rings. The fourth-order valence-electron chi connectivity index (χ4n) is 4.36. The average Bonchev–Trinajstić information content (AvgIpc) is 3.30. The van der Waals surface area contributed by atoms with Gasteiger partial charge in [0.25, 0.3) is 10.1 Å². The Labute approximate surface area is 178 Å². The Hall–Kier alpha value is -2.41. The fourth-order valence-corrected chi connectivity index (χ4v) is 4.74. The molecule has 1 aromatic rings. The van der Waals surface area contributed by atoms with Crippen LogP contribution in [-0.4, -0.2) is 77.6 Å². The van der Waals surface area contributed by atoms with Crippen LogP contribution in [0.1, 0.15) is 12.8 Å². The van der Waals surface area contributed by atoms with Gasteiger partial charge in [-0.15, -0.1) is 0 Å². The largest absolute Gasteiger partial charge is 0.489 e. The summed E-state index contributed by atoms with van der Waals surface area (Å²) in [5, 5.41) is 0. The number of carbonyl (C=O) groups excluding carboxylic acids is 2. The van der Waals surface area contributed by atoms with Crippen LogP contribution < -0.4 is 14.5 Å². The van der Waals surface area contributed by atoms with Crippen LogP contribution in [0.25, 0.3) is 0 Å². The Morgan fingerprint density at radius 1 is 1.23 bits per heavy atom. The molecule has 0 N–H and O–H groups in total. The minimum Gasteiger partial charge on any atom is -0.489 e. The first-order valence-corrected chi connectivity index (χ1v) is 11.8. The summed E-state index contributed by atoms with van der Waals surface area (Å²) in [5.74, 6) is -0.481. The second-order valence-electron chi connectivity index (χ2n) is 7.89. The van der Waals surface area contributed by atoms with Crippen molar-refractivity contribution in [3.8, 4) is 5.75 Å². The van der Waals surface area contributed by atoms with E-state index in [9.17, 15) is 18.0 Å². The molecule has 4 aliphatic rings. The van der Waals surface area contributed by atoms with Gasteiger partial charge in [0.2, 0.25) is 5.91 Å². The molecule has 0 radical (unpaired) electrons. The number of rotatable bonds is 4. The molecule has 0 unspecified atom stereocenters. The Bertz CT molecular complexity index is 1020. The lowest BCUT2D eigenvalue weighted by Crippen LogP contribution is -2.49. The summed E-state index contributed by atoms with van der Waals surface area (Å²) < 4.78 is 49.8. The van der Waals surface area contributed by atoms with E-state index in [1.807, 2.05) is 0 Å². The molecule has 0 aromatic heterocycles. The van der Waals surface area contributed by atoms with Gasteiger partial charge in [0.1, 0.15) is 25.0 Å². The summed E-state index contributed by atoms with van der Waals surface area (Å²) in [6.07, 6.45) is 0.272. The van der Waals surface area contributed by atoms with Crippen molar-refractivity contribution in [3.63, 3.8) is 0 Å². The van der Waals surface area contributed by atoms with Gasteiger partial charge in [-0.1, -0.05) is 0 Å². The van der Waals surface area contributed by atoms with Crippen molar-refractivity contribution in [2.75, 3.05) is 49.0 Å². The summed E-state index contributed by atoms with van der Waals surface area (Å²) in [5.41, 5.74) is 1.15. The SMILES string of the molecule is CS(=O)(=O)OC[C@@H]1OC(=O)N2c3ccc(N4CCC5(CC4=O)OCCO5)cc3OC[C@@H]12. The van der Waals surface area contributed by atoms with Gasteiger partial charge in [-0.2, -0.15) is 8.42 Å².